The van der Waals surface area contributed by atoms with Gasteiger partial charge >= 0.3 is 0 Å². The minimum atomic E-state index is 0.174. The summed E-state index contributed by atoms with van der Waals surface area (Å²) in [5.74, 6) is 0. The molecule has 0 fully saturated rings. The molecule has 1 aliphatic rings. The van der Waals surface area contributed by atoms with Crippen molar-refractivity contribution >= 4 is 0 Å². The molecule has 1 N–H and O–H groups in total. The van der Waals surface area contributed by atoms with Crippen molar-refractivity contribution in [2.75, 3.05) is 0 Å². The molecule has 1 heteroatoms. The molecule has 13 heavy (non-hydrogen) atoms. The number of hydrogen-bond acceptors (Lipinski definition) is 1. The molecule has 2 rings (SSSR count). The van der Waals surface area contributed by atoms with Gasteiger partial charge in [-0.05, 0) is 42.4 Å². The van der Waals surface area contributed by atoms with E-state index in [1.165, 1.54) is 43.2 Å². The Hall–Kier alpha value is -0.820. The summed E-state index contributed by atoms with van der Waals surface area (Å²) in [7, 11) is 0. The molecule has 0 aliphatic heterocycles. The normalized spacial score (nSPS) is 16.4. The molecule has 0 amide bonds. The molecular formula is C12H16O. The highest BCUT2D eigenvalue weighted by atomic mass is 16.3. The van der Waals surface area contributed by atoms with Gasteiger partial charge in [-0.15, -0.1) is 0 Å². The van der Waals surface area contributed by atoms with E-state index in [2.05, 4.69) is 12.1 Å². The highest BCUT2D eigenvalue weighted by molar-refractivity contribution is 5.32. The third kappa shape index (κ3) is 1.92. The lowest BCUT2D eigenvalue weighted by atomic mass is 10.0. The Balaban J connectivity index is 2.32. The van der Waals surface area contributed by atoms with Gasteiger partial charge in [0.15, 0.2) is 0 Å². The van der Waals surface area contributed by atoms with E-state index in [0.717, 1.165) is 5.56 Å². The van der Waals surface area contributed by atoms with Crippen molar-refractivity contribution in [1.82, 2.24) is 0 Å². The van der Waals surface area contributed by atoms with Gasteiger partial charge in [-0.3, -0.25) is 0 Å². The molecule has 0 bridgehead atoms. The van der Waals surface area contributed by atoms with Crippen LogP contribution < -0.4 is 0 Å². The minimum Gasteiger partial charge on any atom is -0.392 e. The highest BCUT2D eigenvalue weighted by Crippen LogP contribution is 2.21. The SMILES string of the molecule is OCc1ccc2c(c1)CCCCC2. The number of aliphatic hydroxyl groups excluding tert-OH is 1. The first-order chi connectivity index (χ1) is 6.40. The van der Waals surface area contributed by atoms with Crippen LogP contribution in [0.4, 0.5) is 0 Å². The van der Waals surface area contributed by atoms with E-state index in [1.807, 2.05) is 6.07 Å². The van der Waals surface area contributed by atoms with Gasteiger partial charge in [-0.2, -0.15) is 0 Å². The van der Waals surface area contributed by atoms with Gasteiger partial charge in [0, 0.05) is 0 Å². The zero-order valence-electron chi connectivity index (χ0n) is 7.92. The van der Waals surface area contributed by atoms with Crippen LogP contribution in [0.15, 0.2) is 18.2 Å². The molecule has 0 saturated carbocycles. The summed E-state index contributed by atoms with van der Waals surface area (Å²) in [6, 6.07) is 6.40. The van der Waals surface area contributed by atoms with Gasteiger partial charge < -0.3 is 5.11 Å². The van der Waals surface area contributed by atoms with Crippen LogP contribution in [0, 0.1) is 0 Å². The summed E-state index contributed by atoms with van der Waals surface area (Å²) >= 11 is 0. The Morgan fingerprint density at radius 1 is 1.00 bits per heavy atom. The fraction of sp³-hybridized carbons (Fsp3) is 0.500. The summed E-state index contributed by atoms with van der Waals surface area (Å²) in [4.78, 5) is 0. The molecule has 1 nitrogen and oxygen atoms in total. The number of fused-ring (bicyclic) bond motifs is 1. The largest absolute Gasteiger partial charge is 0.392 e. The van der Waals surface area contributed by atoms with Crippen LogP contribution in [0.25, 0.3) is 0 Å². The van der Waals surface area contributed by atoms with E-state index in [4.69, 9.17) is 5.11 Å². The van der Waals surface area contributed by atoms with Crippen LogP contribution in [0.3, 0.4) is 0 Å². The predicted molar refractivity (Wildman–Crippen MR) is 53.6 cm³/mol. The Bertz CT molecular complexity index is 291. The van der Waals surface area contributed by atoms with Gasteiger partial charge in [0.2, 0.25) is 0 Å². The average Bonchev–Trinajstić information content (AvgIpc) is 2.41. The summed E-state index contributed by atoms with van der Waals surface area (Å²) in [5, 5.41) is 9.01. The average molecular weight is 176 g/mol. The topological polar surface area (TPSA) is 20.2 Å². The second-order valence-electron chi connectivity index (χ2n) is 3.82. The van der Waals surface area contributed by atoms with E-state index < -0.39 is 0 Å². The lowest BCUT2D eigenvalue weighted by molar-refractivity contribution is 0.281. The van der Waals surface area contributed by atoms with Crippen LogP contribution >= 0.6 is 0 Å². The molecule has 70 valence electrons. The Morgan fingerprint density at radius 3 is 2.54 bits per heavy atom. The van der Waals surface area contributed by atoms with Gasteiger partial charge in [0.25, 0.3) is 0 Å². The summed E-state index contributed by atoms with van der Waals surface area (Å²) in [5.41, 5.74) is 4.01. The molecule has 0 spiro atoms. The molecule has 1 aromatic rings. The van der Waals surface area contributed by atoms with Gasteiger partial charge in [0.05, 0.1) is 6.61 Å². The fourth-order valence-corrected chi connectivity index (χ4v) is 2.06. The number of benzene rings is 1. The third-order valence-electron chi connectivity index (χ3n) is 2.85. The van der Waals surface area contributed by atoms with Gasteiger partial charge in [-0.1, -0.05) is 24.6 Å². The van der Waals surface area contributed by atoms with E-state index >= 15 is 0 Å². The van der Waals surface area contributed by atoms with Crippen LogP contribution in [0.2, 0.25) is 0 Å². The lowest BCUT2D eigenvalue weighted by Gasteiger charge is -2.06. The molecule has 1 aromatic carbocycles. The van der Waals surface area contributed by atoms with Crippen LogP contribution in [0.5, 0.6) is 0 Å². The molecule has 0 heterocycles. The van der Waals surface area contributed by atoms with Gasteiger partial charge in [0.1, 0.15) is 0 Å². The van der Waals surface area contributed by atoms with Crippen LogP contribution in [-0.4, -0.2) is 5.11 Å². The minimum absolute atomic E-state index is 0.174. The van der Waals surface area contributed by atoms with E-state index in [1.54, 1.807) is 0 Å². The van der Waals surface area contributed by atoms with Crippen molar-refractivity contribution in [1.29, 1.82) is 0 Å². The number of aryl methyl sites for hydroxylation is 2. The summed E-state index contributed by atoms with van der Waals surface area (Å²) in [6.07, 6.45) is 6.40. The van der Waals surface area contributed by atoms with Crippen molar-refractivity contribution in [3.63, 3.8) is 0 Å². The predicted octanol–water partition coefficient (Wildman–Crippen LogP) is 2.45. The van der Waals surface area contributed by atoms with Crippen molar-refractivity contribution in [2.45, 2.75) is 38.7 Å². The van der Waals surface area contributed by atoms with E-state index in [0.29, 0.717) is 0 Å². The quantitative estimate of drug-likeness (QED) is 0.652. The monoisotopic (exact) mass is 176 g/mol. The van der Waals surface area contributed by atoms with E-state index in [9.17, 15) is 0 Å². The molecule has 0 unspecified atom stereocenters. The molecule has 0 atom stereocenters. The molecule has 0 saturated heterocycles. The molecule has 0 aromatic heterocycles. The van der Waals surface area contributed by atoms with Crippen LogP contribution in [0.1, 0.15) is 36.0 Å². The second kappa shape index (κ2) is 3.93. The van der Waals surface area contributed by atoms with Crippen molar-refractivity contribution < 1.29 is 5.11 Å². The Kier molecular flexibility index (Phi) is 2.65. The standard InChI is InChI=1S/C12H16O/c13-9-10-6-7-11-4-2-1-3-5-12(11)8-10/h6-8,13H,1-5,9H2. The molecular weight excluding hydrogens is 160 g/mol. The van der Waals surface area contributed by atoms with E-state index in [-0.39, 0.29) is 6.61 Å². The molecule has 1 aliphatic carbocycles. The van der Waals surface area contributed by atoms with Crippen LogP contribution in [-0.2, 0) is 19.4 Å². The summed E-state index contributed by atoms with van der Waals surface area (Å²) < 4.78 is 0. The number of hydrogen-bond donors (Lipinski definition) is 1. The maximum atomic E-state index is 9.01. The smallest absolute Gasteiger partial charge is 0.0681 e. The Morgan fingerprint density at radius 2 is 1.77 bits per heavy atom. The Labute approximate surface area is 79.4 Å². The van der Waals surface area contributed by atoms with Gasteiger partial charge in [-0.25, -0.2) is 0 Å². The number of aliphatic hydroxyl groups is 1. The summed E-state index contributed by atoms with van der Waals surface area (Å²) in [6.45, 7) is 0.174. The highest BCUT2D eigenvalue weighted by Gasteiger charge is 2.07. The van der Waals surface area contributed by atoms with Crippen molar-refractivity contribution in [3.8, 4) is 0 Å². The fourth-order valence-electron chi connectivity index (χ4n) is 2.06. The third-order valence-corrected chi connectivity index (χ3v) is 2.85. The molecule has 0 radical (unpaired) electrons. The first kappa shape index (κ1) is 8.76. The zero-order valence-corrected chi connectivity index (χ0v) is 7.92. The second-order valence-corrected chi connectivity index (χ2v) is 3.82. The van der Waals surface area contributed by atoms with Crippen molar-refractivity contribution in [3.05, 3.63) is 34.9 Å². The zero-order chi connectivity index (χ0) is 9.10. The van der Waals surface area contributed by atoms with Crippen molar-refractivity contribution in [2.24, 2.45) is 0 Å². The first-order valence-corrected chi connectivity index (χ1v) is 5.11. The number of rotatable bonds is 1. The first-order valence-electron chi connectivity index (χ1n) is 5.11. The maximum absolute atomic E-state index is 9.01. The lowest BCUT2D eigenvalue weighted by Crippen LogP contribution is -1.93. The maximum Gasteiger partial charge on any atom is 0.0681 e.